The summed E-state index contributed by atoms with van der Waals surface area (Å²) in [6.07, 6.45) is 0. The Hall–Kier alpha value is -2.16. The maximum Gasteiger partial charge on any atom is 0.294 e. The van der Waals surface area contributed by atoms with E-state index in [1.165, 1.54) is 14.2 Å². The van der Waals surface area contributed by atoms with Crippen LogP contribution >= 0.6 is 0 Å². The van der Waals surface area contributed by atoms with E-state index in [1.807, 2.05) is 48.5 Å². The summed E-state index contributed by atoms with van der Waals surface area (Å²) in [5.74, 6) is 3.49. The van der Waals surface area contributed by atoms with Gasteiger partial charge in [-0.15, -0.1) is 0 Å². The topological polar surface area (TPSA) is 36.9 Å². The number of ether oxygens (including phenoxy) is 4. The molecule has 0 unspecified atom stereocenters. The standard InChI is InChI=1S/C20H20O4/c1-21-19(22-2)14-13-15-9-5-6-10-16(15)17-11-7-8-12-18(17)20(19,23-3)24-4/h5-12H,1-4H3. The van der Waals surface area contributed by atoms with Crippen molar-refractivity contribution < 1.29 is 18.9 Å². The number of rotatable bonds is 4. The van der Waals surface area contributed by atoms with Gasteiger partial charge in [-0.05, 0) is 23.1 Å². The second-order valence-electron chi connectivity index (χ2n) is 5.39. The van der Waals surface area contributed by atoms with Crippen molar-refractivity contribution in [2.75, 3.05) is 28.4 Å². The Balaban J connectivity index is 2.46. The summed E-state index contributed by atoms with van der Waals surface area (Å²) in [5, 5.41) is 0. The van der Waals surface area contributed by atoms with Gasteiger partial charge in [0.1, 0.15) is 0 Å². The zero-order valence-corrected chi connectivity index (χ0v) is 14.3. The van der Waals surface area contributed by atoms with Crippen LogP contribution in [0.15, 0.2) is 48.5 Å². The number of fused-ring (bicyclic) bond motifs is 3. The first-order valence-corrected chi connectivity index (χ1v) is 7.60. The first-order chi connectivity index (χ1) is 11.7. The Bertz CT molecular complexity index is 793. The SMILES string of the molecule is COC1(OC)C#Cc2ccccc2-c2ccccc2C1(OC)OC. The molecular formula is C20H20O4. The van der Waals surface area contributed by atoms with E-state index in [4.69, 9.17) is 18.9 Å². The summed E-state index contributed by atoms with van der Waals surface area (Å²) in [6.45, 7) is 0. The third-order valence-corrected chi connectivity index (χ3v) is 4.44. The van der Waals surface area contributed by atoms with Gasteiger partial charge in [-0.1, -0.05) is 48.4 Å². The average molecular weight is 324 g/mol. The van der Waals surface area contributed by atoms with Crippen LogP contribution in [0.4, 0.5) is 0 Å². The largest absolute Gasteiger partial charge is 0.344 e. The number of hydrogen-bond donors (Lipinski definition) is 0. The van der Waals surface area contributed by atoms with Crippen molar-refractivity contribution in [3.63, 3.8) is 0 Å². The summed E-state index contributed by atoms with van der Waals surface area (Å²) in [7, 11) is 6.17. The van der Waals surface area contributed by atoms with Crippen LogP contribution in [0.2, 0.25) is 0 Å². The average Bonchev–Trinajstić information content (AvgIpc) is 2.65. The van der Waals surface area contributed by atoms with Crippen LogP contribution < -0.4 is 0 Å². The Morgan fingerprint density at radius 1 is 0.708 bits per heavy atom. The molecule has 2 aromatic rings. The Kier molecular flexibility index (Phi) is 4.44. The number of methoxy groups -OCH3 is 4. The summed E-state index contributed by atoms with van der Waals surface area (Å²) >= 11 is 0. The maximum absolute atomic E-state index is 5.83. The summed E-state index contributed by atoms with van der Waals surface area (Å²) in [5.41, 5.74) is 3.66. The van der Waals surface area contributed by atoms with Crippen LogP contribution in [0.1, 0.15) is 11.1 Å². The molecule has 0 bridgehead atoms. The van der Waals surface area contributed by atoms with Gasteiger partial charge in [-0.25, -0.2) is 0 Å². The van der Waals surface area contributed by atoms with E-state index in [0.29, 0.717) is 0 Å². The van der Waals surface area contributed by atoms with Crippen LogP contribution in [0, 0.1) is 11.8 Å². The fourth-order valence-corrected chi connectivity index (χ4v) is 3.27. The molecule has 0 heterocycles. The highest BCUT2D eigenvalue weighted by atomic mass is 16.8. The lowest BCUT2D eigenvalue weighted by Gasteiger charge is -2.44. The monoisotopic (exact) mass is 324 g/mol. The third kappa shape index (κ3) is 2.18. The van der Waals surface area contributed by atoms with Crippen molar-refractivity contribution in [3.8, 4) is 23.0 Å². The van der Waals surface area contributed by atoms with E-state index in [9.17, 15) is 0 Å². The van der Waals surface area contributed by atoms with Gasteiger partial charge in [-0.3, -0.25) is 0 Å². The smallest absolute Gasteiger partial charge is 0.294 e. The van der Waals surface area contributed by atoms with E-state index in [1.54, 1.807) is 14.2 Å². The molecule has 1 aliphatic carbocycles. The zero-order chi connectivity index (χ0) is 17.2. The highest BCUT2D eigenvalue weighted by molar-refractivity contribution is 5.76. The van der Waals surface area contributed by atoms with E-state index >= 15 is 0 Å². The van der Waals surface area contributed by atoms with Crippen molar-refractivity contribution in [1.29, 1.82) is 0 Å². The van der Waals surface area contributed by atoms with Gasteiger partial charge < -0.3 is 18.9 Å². The number of hydrogen-bond acceptors (Lipinski definition) is 4. The van der Waals surface area contributed by atoms with E-state index in [2.05, 4.69) is 11.8 Å². The van der Waals surface area contributed by atoms with Gasteiger partial charge in [0, 0.05) is 39.6 Å². The van der Waals surface area contributed by atoms with Crippen LogP contribution in [0.5, 0.6) is 0 Å². The van der Waals surface area contributed by atoms with Crippen molar-refractivity contribution in [3.05, 3.63) is 59.7 Å². The Labute approximate surface area is 142 Å². The normalized spacial score (nSPS) is 16.8. The van der Waals surface area contributed by atoms with Gasteiger partial charge in [0.05, 0.1) is 0 Å². The second-order valence-corrected chi connectivity index (χ2v) is 5.39. The van der Waals surface area contributed by atoms with Crippen molar-refractivity contribution in [2.24, 2.45) is 0 Å². The fourth-order valence-electron chi connectivity index (χ4n) is 3.27. The maximum atomic E-state index is 5.83. The molecule has 0 spiro atoms. The molecule has 0 amide bonds. The molecule has 0 saturated carbocycles. The minimum absolute atomic E-state index is 0.792. The molecule has 124 valence electrons. The highest BCUT2D eigenvalue weighted by Gasteiger charge is 2.57. The minimum atomic E-state index is -1.42. The predicted octanol–water partition coefficient (Wildman–Crippen LogP) is 3.15. The molecule has 2 aromatic carbocycles. The molecular weight excluding hydrogens is 304 g/mol. The predicted molar refractivity (Wildman–Crippen MR) is 91.2 cm³/mol. The van der Waals surface area contributed by atoms with E-state index in [0.717, 1.165) is 22.3 Å². The van der Waals surface area contributed by atoms with Gasteiger partial charge in [0.15, 0.2) is 0 Å². The van der Waals surface area contributed by atoms with Crippen molar-refractivity contribution >= 4 is 0 Å². The first-order valence-electron chi connectivity index (χ1n) is 7.60. The molecule has 1 aliphatic rings. The molecule has 24 heavy (non-hydrogen) atoms. The van der Waals surface area contributed by atoms with Crippen molar-refractivity contribution in [1.82, 2.24) is 0 Å². The second kappa shape index (κ2) is 6.39. The minimum Gasteiger partial charge on any atom is -0.344 e. The van der Waals surface area contributed by atoms with Crippen LogP contribution in [0.3, 0.4) is 0 Å². The Morgan fingerprint density at radius 2 is 1.29 bits per heavy atom. The zero-order valence-electron chi connectivity index (χ0n) is 14.3. The van der Waals surface area contributed by atoms with Gasteiger partial charge >= 0.3 is 0 Å². The van der Waals surface area contributed by atoms with Crippen molar-refractivity contribution in [2.45, 2.75) is 11.6 Å². The molecule has 0 aliphatic heterocycles. The molecule has 4 nitrogen and oxygen atoms in total. The molecule has 0 saturated heterocycles. The lowest BCUT2D eigenvalue weighted by Crippen LogP contribution is -2.56. The van der Waals surface area contributed by atoms with Crippen LogP contribution in [-0.2, 0) is 24.7 Å². The summed E-state index contributed by atoms with van der Waals surface area (Å²) in [4.78, 5) is 0. The van der Waals surface area contributed by atoms with Crippen LogP contribution in [0.25, 0.3) is 11.1 Å². The van der Waals surface area contributed by atoms with Gasteiger partial charge in [0.2, 0.25) is 0 Å². The molecule has 0 radical (unpaired) electrons. The molecule has 4 heteroatoms. The summed E-state index contributed by atoms with van der Waals surface area (Å²) < 4.78 is 23.0. The van der Waals surface area contributed by atoms with Gasteiger partial charge in [-0.2, -0.15) is 0 Å². The summed E-state index contributed by atoms with van der Waals surface area (Å²) in [6, 6.07) is 15.8. The lowest BCUT2D eigenvalue weighted by molar-refractivity contribution is -0.371. The fraction of sp³-hybridized carbons (Fsp3) is 0.300. The Morgan fingerprint density at radius 3 is 1.92 bits per heavy atom. The van der Waals surface area contributed by atoms with E-state index < -0.39 is 11.6 Å². The number of benzene rings is 2. The third-order valence-electron chi connectivity index (χ3n) is 4.44. The molecule has 0 atom stereocenters. The quantitative estimate of drug-likeness (QED) is 0.639. The molecule has 0 N–H and O–H groups in total. The van der Waals surface area contributed by atoms with Crippen LogP contribution in [-0.4, -0.2) is 34.2 Å². The molecule has 0 aromatic heterocycles. The first kappa shape index (κ1) is 16.7. The van der Waals surface area contributed by atoms with Gasteiger partial charge in [0.25, 0.3) is 11.6 Å². The van der Waals surface area contributed by atoms with E-state index in [-0.39, 0.29) is 0 Å². The molecule has 3 rings (SSSR count). The highest BCUT2D eigenvalue weighted by Crippen LogP contribution is 2.45. The lowest BCUT2D eigenvalue weighted by atomic mass is 9.85. The molecule has 0 fully saturated rings.